The molecule has 0 atom stereocenters. The van der Waals surface area contributed by atoms with E-state index in [2.05, 4.69) is 11.9 Å². The minimum absolute atomic E-state index is 0.0957. The summed E-state index contributed by atoms with van der Waals surface area (Å²) in [5.41, 5.74) is 0.891. The number of carbonyl (C=O) groups is 2. The van der Waals surface area contributed by atoms with Gasteiger partial charge in [0.1, 0.15) is 11.5 Å². The molecule has 2 aromatic rings. The smallest absolute Gasteiger partial charge is 0.338 e. The van der Waals surface area contributed by atoms with Crippen LogP contribution in [-0.4, -0.2) is 19.5 Å². The third-order valence-corrected chi connectivity index (χ3v) is 2.95. The van der Waals surface area contributed by atoms with E-state index in [9.17, 15) is 9.59 Å². The standard InChI is InChI=1S/C17H15NO4/c1-12(17(20)21-2)16-14(18-11-19)9-6-10-15(16)22-13-7-4-3-5-8-13/h3-11H,1H2,2H3,(H,18,19). The number of ether oxygens (including phenoxy) is 2. The molecule has 1 N–H and O–H groups in total. The van der Waals surface area contributed by atoms with Crippen molar-refractivity contribution >= 4 is 23.6 Å². The van der Waals surface area contributed by atoms with Gasteiger partial charge in [-0.05, 0) is 24.3 Å². The number of nitrogens with one attached hydrogen (secondary N) is 1. The first-order chi connectivity index (χ1) is 10.7. The average molecular weight is 297 g/mol. The fourth-order valence-corrected chi connectivity index (χ4v) is 1.95. The third kappa shape index (κ3) is 3.32. The molecule has 112 valence electrons. The number of rotatable bonds is 6. The zero-order chi connectivity index (χ0) is 15.9. The molecule has 1 amide bonds. The molecular weight excluding hydrogens is 282 g/mol. The number of hydrogen-bond acceptors (Lipinski definition) is 4. The first-order valence-electron chi connectivity index (χ1n) is 6.51. The second-order valence-corrected chi connectivity index (χ2v) is 4.33. The van der Waals surface area contributed by atoms with Gasteiger partial charge in [0, 0.05) is 0 Å². The van der Waals surface area contributed by atoms with Crippen LogP contribution in [0.3, 0.4) is 0 Å². The van der Waals surface area contributed by atoms with E-state index in [1.54, 1.807) is 30.3 Å². The Morgan fingerprint density at radius 3 is 2.50 bits per heavy atom. The lowest BCUT2D eigenvalue weighted by atomic mass is 10.0. The van der Waals surface area contributed by atoms with Gasteiger partial charge < -0.3 is 14.8 Å². The van der Waals surface area contributed by atoms with Gasteiger partial charge in [0.05, 0.1) is 23.9 Å². The summed E-state index contributed by atoms with van der Waals surface area (Å²) in [5, 5.41) is 2.53. The fourth-order valence-electron chi connectivity index (χ4n) is 1.95. The molecule has 0 aromatic heterocycles. The fraction of sp³-hybridized carbons (Fsp3) is 0.0588. The van der Waals surface area contributed by atoms with Gasteiger partial charge in [-0.3, -0.25) is 4.79 Å². The second kappa shape index (κ2) is 7.08. The average Bonchev–Trinajstić information content (AvgIpc) is 2.55. The van der Waals surface area contributed by atoms with Gasteiger partial charge in [0.15, 0.2) is 0 Å². The topological polar surface area (TPSA) is 64.6 Å². The predicted octanol–water partition coefficient (Wildman–Crippen LogP) is 3.23. The van der Waals surface area contributed by atoms with Crippen LogP contribution in [0.1, 0.15) is 5.56 Å². The highest BCUT2D eigenvalue weighted by Gasteiger charge is 2.19. The summed E-state index contributed by atoms with van der Waals surface area (Å²) in [5.74, 6) is 0.399. The highest BCUT2D eigenvalue weighted by molar-refractivity contribution is 6.18. The maximum Gasteiger partial charge on any atom is 0.338 e. The Balaban J connectivity index is 2.48. The Kier molecular flexibility index (Phi) is 4.93. The molecule has 0 fully saturated rings. The van der Waals surface area contributed by atoms with E-state index in [4.69, 9.17) is 9.47 Å². The number of benzene rings is 2. The Hall–Kier alpha value is -3.08. The highest BCUT2D eigenvalue weighted by Crippen LogP contribution is 2.35. The van der Waals surface area contributed by atoms with Crippen molar-refractivity contribution in [2.75, 3.05) is 12.4 Å². The quantitative estimate of drug-likeness (QED) is 0.505. The van der Waals surface area contributed by atoms with Crippen molar-refractivity contribution in [3.63, 3.8) is 0 Å². The van der Waals surface area contributed by atoms with E-state index < -0.39 is 5.97 Å². The summed E-state index contributed by atoms with van der Waals surface area (Å²) in [4.78, 5) is 22.5. The molecule has 5 nitrogen and oxygen atoms in total. The van der Waals surface area contributed by atoms with E-state index in [0.29, 0.717) is 29.2 Å². The monoisotopic (exact) mass is 297 g/mol. The maximum atomic E-state index is 11.8. The molecule has 0 aliphatic rings. The van der Waals surface area contributed by atoms with Gasteiger partial charge in [0.2, 0.25) is 6.41 Å². The number of carbonyl (C=O) groups excluding carboxylic acids is 2. The molecule has 0 unspecified atom stereocenters. The third-order valence-electron chi connectivity index (χ3n) is 2.95. The van der Waals surface area contributed by atoms with Gasteiger partial charge in [-0.15, -0.1) is 0 Å². The zero-order valence-corrected chi connectivity index (χ0v) is 12.0. The van der Waals surface area contributed by atoms with Crippen LogP contribution in [-0.2, 0) is 14.3 Å². The van der Waals surface area contributed by atoms with E-state index in [0.717, 1.165) is 0 Å². The van der Waals surface area contributed by atoms with Gasteiger partial charge in [-0.25, -0.2) is 4.79 Å². The van der Waals surface area contributed by atoms with Gasteiger partial charge in [-0.2, -0.15) is 0 Å². The van der Waals surface area contributed by atoms with Crippen molar-refractivity contribution in [1.82, 2.24) is 0 Å². The molecule has 0 saturated carbocycles. The number of methoxy groups -OCH3 is 1. The van der Waals surface area contributed by atoms with E-state index in [1.165, 1.54) is 7.11 Å². The number of amides is 1. The minimum Gasteiger partial charge on any atom is -0.465 e. The maximum absolute atomic E-state index is 11.8. The lowest BCUT2D eigenvalue weighted by molar-refractivity contribution is -0.133. The van der Waals surface area contributed by atoms with Crippen LogP contribution in [0.4, 0.5) is 5.69 Å². The Morgan fingerprint density at radius 2 is 1.86 bits per heavy atom. The highest BCUT2D eigenvalue weighted by atomic mass is 16.5. The van der Waals surface area contributed by atoms with E-state index >= 15 is 0 Å². The minimum atomic E-state index is -0.599. The molecule has 0 aliphatic carbocycles. The lowest BCUT2D eigenvalue weighted by Crippen LogP contribution is -2.07. The molecular formula is C17H15NO4. The summed E-state index contributed by atoms with van der Waals surface area (Å²) < 4.78 is 10.5. The van der Waals surface area contributed by atoms with Crippen LogP contribution in [0, 0.1) is 0 Å². The molecule has 2 rings (SSSR count). The molecule has 22 heavy (non-hydrogen) atoms. The second-order valence-electron chi connectivity index (χ2n) is 4.33. The van der Waals surface area contributed by atoms with Crippen LogP contribution >= 0.6 is 0 Å². The Bertz CT molecular complexity index is 695. The first-order valence-corrected chi connectivity index (χ1v) is 6.51. The predicted molar refractivity (Wildman–Crippen MR) is 83.7 cm³/mol. The van der Waals surface area contributed by atoms with Crippen molar-refractivity contribution in [3.05, 3.63) is 60.7 Å². The summed E-state index contributed by atoms with van der Waals surface area (Å²) in [7, 11) is 1.26. The molecule has 0 spiro atoms. The largest absolute Gasteiger partial charge is 0.465 e. The van der Waals surface area contributed by atoms with Gasteiger partial charge in [0.25, 0.3) is 0 Å². The van der Waals surface area contributed by atoms with Gasteiger partial charge in [-0.1, -0.05) is 30.8 Å². The van der Waals surface area contributed by atoms with E-state index in [1.807, 2.05) is 18.2 Å². The van der Waals surface area contributed by atoms with Crippen LogP contribution < -0.4 is 10.1 Å². The van der Waals surface area contributed by atoms with E-state index in [-0.39, 0.29) is 5.57 Å². The van der Waals surface area contributed by atoms with Crippen LogP contribution in [0.25, 0.3) is 5.57 Å². The summed E-state index contributed by atoms with van der Waals surface area (Å²) in [6, 6.07) is 14.1. The van der Waals surface area contributed by atoms with Crippen molar-refractivity contribution in [2.24, 2.45) is 0 Å². The molecule has 0 radical (unpaired) electrons. The molecule has 5 heteroatoms. The number of anilines is 1. The van der Waals surface area contributed by atoms with Crippen molar-refractivity contribution in [1.29, 1.82) is 0 Å². The molecule has 0 bridgehead atoms. The van der Waals surface area contributed by atoms with Crippen LogP contribution in [0.15, 0.2) is 55.1 Å². The van der Waals surface area contributed by atoms with Crippen molar-refractivity contribution in [3.8, 4) is 11.5 Å². The first kappa shape index (κ1) is 15.3. The zero-order valence-electron chi connectivity index (χ0n) is 12.0. The van der Waals surface area contributed by atoms with Crippen molar-refractivity contribution < 1.29 is 19.1 Å². The SMILES string of the molecule is C=C(C(=O)OC)c1c(NC=O)cccc1Oc1ccccc1. The lowest BCUT2D eigenvalue weighted by Gasteiger charge is -2.15. The van der Waals surface area contributed by atoms with Gasteiger partial charge >= 0.3 is 5.97 Å². The summed E-state index contributed by atoms with van der Waals surface area (Å²) in [6.45, 7) is 3.73. The van der Waals surface area contributed by atoms with Crippen LogP contribution in [0.2, 0.25) is 0 Å². The normalized spacial score (nSPS) is 9.68. The number of hydrogen-bond donors (Lipinski definition) is 1. The molecule has 0 saturated heterocycles. The molecule has 2 aromatic carbocycles. The van der Waals surface area contributed by atoms with Crippen LogP contribution in [0.5, 0.6) is 11.5 Å². The Morgan fingerprint density at radius 1 is 1.14 bits per heavy atom. The summed E-state index contributed by atoms with van der Waals surface area (Å²) >= 11 is 0. The number of para-hydroxylation sites is 1. The number of esters is 1. The summed E-state index contributed by atoms with van der Waals surface area (Å²) in [6.07, 6.45) is 0.524. The van der Waals surface area contributed by atoms with Crippen molar-refractivity contribution in [2.45, 2.75) is 0 Å². The molecule has 0 aliphatic heterocycles. The molecule has 0 heterocycles. The Labute approximate surface area is 128 Å².